The van der Waals surface area contributed by atoms with Crippen LogP contribution < -0.4 is 10.6 Å². The molecule has 1 aromatic heterocycles. The van der Waals surface area contributed by atoms with Crippen LogP contribution in [0.15, 0.2) is 0 Å². The van der Waals surface area contributed by atoms with Gasteiger partial charge in [0.2, 0.25) is 5.13 Å². The standard InChI is InChI=1S/C9H17N5S/c1-7-11-9(15-12-7)14-4-3-13(2)6-8(14)5-10/h8H,3-6,10H2,1-2H3. The van der Waals surface area contributed by atoms with Crippen LogP contribution in [-0.4, -0.2) is 53.5 Å². The number of nitrogens with two attached hydrogens (primary N) is 1. The summed E-state index contributed by atoms with van der Waals surface area (Å²) in [6.07, 6.45) is 0. The molecule has 0 aliphatic carbocycles. The van der Waals surface area contributed by atoms with Gasteiger partial charge in [0.1, 0.15) is 5.82 Å². The van der Waals surface area contributed by atoms with Crippen molar-refractivity contribution in [1.82, 2.24) is 14.3 Å². The third-order valence-electron chi connectivity index (χ3n) is 2.72. The van der Waals surface area contributed by atoms with Gasteiger partial charge in [-0.15, -0.1) is 0 Å². The molecule has 1 saturated heterocycles. The Hall–Kier alpha value is -0.720. The number of rotatable bonds is 2. The van der Waals surface area contributed by atoms with Crippen molar-refractivity contribution >= 4 is 16.7 Å². The zero-order chi connectivity index (χ0) is 10.8. The molecule has 0 saturated carbocycles. The van der Waals surface area contributed by atoms with Gasteiger partial charge in [-0.05, 0) is 14.0 Å². The number of aryl methyl sites for hydroxylation is 1. The van der Waals surface area contributed by atoms with Crippen LogP contribution in [0.4, 0.5) is 5.13 Å². The molecule has 15 heavy (non-hydrogen) atoms. The number of aromatic nitrogens is 2. The van der Waals surface area contributed by atoms with E-state index in [9.17, 15) is 0 Å². The average Bonchev–Trinajstić information content (AvgIpc) is 2.64. The van der Waals surface area contributed by atoms with E-state index in [-0.39, 0.29) is 0 Å². The predicted octanol–water partition coefficient (Wildman–Crippen LogP) is -0.0744. The first-order chi connectivity index (χ1) is 7.20. The van der Waals surface area contributed by atoms with E-state index in [1.807, 2.05) is 6.92 Å². The molecule has 0 amide bonds. The lowest BCUT2D eigenvalue weighted by Gasteiger charge is -2.39. The van der Waals surface area contributed by atoms with E-state index in [4.69, 9.17) is 5.73 Å². The zero-order valence-corrected chi connectivity index (χ0v) is 10.00. The molecule has 0 aromatic carbocycles. The Morgan fingerprint density at radius 2 is 2.33 bits per heavy atom. The first kappa shape index (κ1) is 10.8. The molecule has 1 fully saturated rings. The Bertz CT molecular complexity index is 326. The van der Waals surface area contributed by atoms with Crippen LogP contribution in [0.3, 0.4) is 0 Å². The highest BCUT2D eigenvalue weighted by Gasteiger charge is 2.26. The van der Waals surface area contributed by atoms with E-state index in [1.54, 1.807) is 0 Å². The van der Waals surface area contributed by atoms with Crippen LogP contribution in [0, 0.1) is 6.92 Å². The van der Waals surface area contributed by atoms with Crippen molar-refractivity contribution in [3.8, 4) is 0 Å². The van der Waals surface area contributed by atoms with Crippen LogP contribution in [-0.2, 0) is 0 Å². The lowest BCUT2D eigenvalue weighted by molar-refractivity contribution is 0.269. The quantitative estimate of drug-likeness (QED) is 0.766. The van der Waals surface area contributed by atoms with E-state index in [0.29, 0.717) is 12.6 Å². The summed E-state index contributed by atoms with van der Waals surface area (Å²) in [5.41, 5.74) is 5.79. The van der Waals surface area contributed by atoms with Crippen molar-refractivity contribution in [3.05, 3.63) is 5.82 Å². The summed E-state index contributed by atoms with van der Waals surface area (Å²) in [5, 5.41) is 1.01. The van der Waals surface area contributed by atoms with E-state index in [0.717, 1.165) is 30.6 Å². The second kappa shape index (κ2) is 4.42. The minimum absolute atomic E-state index is 0.371. The molecular weight excluding hydrogens is 210 g/mol. The molecule has 6 heteroatoms. The van der Waals surface area contributed by atoms with Crippen molar-refractivity contribution < 1.29 is 0 Å². The topological polar surface area (TPSA) is 58.3 Å². The van der Waals surface area contributed by atoms with Crippen LogP contribution in [0.25, 0.3) is 0 Å². The number of likely N-dealkylation sites (N-methyl/N-ethyl adjacent to an activating group) is 1. The Kier molecular flexibility index (Phi) is 3.18. The first-order valence-electron chi connectivity index (χ1n) is 5.16. The largest absolute Gasteiger partial charge is 0.340 e. The SMILES string of the molecule is Cc1nsc(N2CCN(C)CC2CN)n1. The van der Waals surface area contributed by atoms with Gasteiger partial charge in [0, 0.05) is 37.7 Å². The molecule has 2 heterocycles. The molecule has 1 aliphatic heterocycles. The maximum absolute atomic E-state index is 5.79. The molecule has 0 radical (unpaired) electrons. The summed E-state index contributed by atoms with van der Waals surface area (Å²) in [5.74, 6) is 0.852. The van der Waals surface area contributed by atoms with E-state index in [2.05, 4.69) is 26.2 Å². The minimum Gasteiger partial charge on any atom is -0.340 e. The van der Waals surface area contributed by atoms with Crippen molar-refractivity contribution in [3.63, 3.8) is 0 Å². The minimum atomic E-state index is 0.371. The Balaban J connectivity index is 2.13. The van der Waals surface area contributed by atoms with Gasteiger partial charge in [-0.1, -0.05) is 0 Å². The monoisotopic (exact) mass is 227 g/mol. The van der Waals surface area contributed by atoms with Crippen molar-refractivity contribution in [2.75, 3.05) is 38.1 Å². The number of anilines is 1. The Morgan fingerprint density at radius 1 is 1.53 bits per heavy atom. The maximum atomic E-state index is 5.79. The summed E-state index contributed by atoms with van der Waals surface area (Å²) in [6.45, 7) is 5.66. The van der Waals surface area contributed by atoms with Crippen molar-refractivity contribution in [1.29, 1.82) is 0 Å². The maximum Gasteiger partial charge on any atom is 0.205 e. The number of hydrogen-bond acceptors (Lipinski definition) is 6. The summed E-state index contributed by atoms with van der Waals surface area (Å²) < 4.78 is 4.21. The van der Waals surface area contributed by atoms with E-state index in [1.165, 1.54) is 11.5 Å². The summed E-state index contributed by atoms with van der Waals surface area (Å²) in [6, 6.07) is 0.371. The zero-order valence-electron chi connectivity index (χ0n) is 9.18. The third-order valence-corrected chi connectivity index (χ3v) is 3.57. The van der Waals surface area contributed by atoms with Crippen LogP contribution in [0.5, 0.6) is 0 Å². The molecule has 1 atom stereocenters. The highest BCUT2D eigenvalue weighted by Crippen LogP contribution is 2.21. The lowest BCUT2D eigenvalue weighted by Crippen LogP contribution is -2.55. The van der Waals surface area contributed by atoms with Gasteiger partial charge in [-0.3, -0.25) is 0 Å². The highest BCUT2D eigenvalue weighted by atomic mass is 32.1. The highest BCUT2D eigenvalue weighted by molar-refractivity contribution is 7.09. The van der Waals surface area contributed by atoms with Gasteiger partial charge >= 0.3 is 0 Å². The molecule has 1 aliphatic rings. The Morgan fingerprint density at radius 3 is 2.93 bits per heavy atom. The normalized spacial score (nSPS) is 23.4. The predicted molar refractivity (Wildman–Crippen MR) is 62.3 cm³/mol. The fraction of sp³-hybridized carbons (Fsp3) is 0.778. The average molecular weight is 227 g/mol. The fourth-order valence-electron chi connectivity index (χ4n) is 1.87. The second-order valence-corrected chi connectivity index (χ2v) is 4.70. The summed E-state index contributed by atoms with van der Waals surface area (Å²) in [7, 11) is 2.13. The number of hydrogen-bond donors (Lipinski definition) is 1. The molecule has 2 rings (SSSR count). The van der Waals surface area contributed by atoms with Gasteiger partial charge in [0.25, 0.3) is 0 Å². The molecule has 1 unspecified atom stereocenters. The van der Waals surface area contributed by atoms with Crippen LogP contribution in [0.1, 0.15) is 5.82 Å². The van der Waals surface area contributed by atoms with E-state index < -0.39 is 0 Å². The number of nitrogens with zero attached hydrogens (tertiary/aromatic N) is 4. The van der Waals surface area contributed by atoms with Crippen LogP contribution in [0.2, 0.25) is 0 Å². The van der Waals surface area contributed by atoms with Gasteiger partial charge < -0.3 is 15.5 Å². The van der Waals surface area contributed by atoms with Crippen molar-refractivity contribution in [2.24, 2.45) is 5.73 Å². The lowest BCUT2D eigenvalue weighted by atomic mass is 10.2. The van der Waals surface area contributed by atoms with Crippen LogP contribution >= 0.6 is 11.5 Å². The summed E-state index contributed by atoms with van der Waals surface area (Å²) in [4.78, 5) is 9.01. The molecule has 84 valence electrons. The third kappa shape index (κ3) is 2.27. The van der Waals surface area contributed by atoms with Gasteiger partial charge in [-0.25, -0.2) is 4.98 Å². The molecule has 1 aromatic rings. The van der Waals surface area contributed by atoms with Gasteiger partial charge in [0.05, 0.1) is 6.04 Å². The second-order valence-electron chi connectivity index (χ2n) is 3.97. The summed E-state index contributed by atoms with van der Waals surface area (Å²) >= 11 is 1.47. The number of piperazine rings is 1. The molecule has 2 N–H and O–H groups in total. The molecule has 5 nitrogen and oxygen atoms in total. The Labute approximate surface area is 94.1 Å². The van der Waals surface area contributed by atoms with Gasteiger partial charge in [0.15, 0.2) is 0 Å². The molecule has 0 bridgehead atoms. The van der Waals surface area contributed by atoms with E-state index >= 15 is 0 Å². The first-order valence-corrected chi connectivity index (χ1v) is 5.93. The molecule has 0 spiro atoms. The van der Waals surface area contributed by atoms with Gasteiger partial charge in [-0.2, -0.15) is 4.37 Å². The molecular formula is C9H17N5S. The van der Waals surface area contributed by atoms with Crippen molar-refractivity contribution in [2.45, 2.75) is 13.0 Å². The smallest absolute Gasteiger partial charge is 0.205 e. The fourth-order valence-corrected chi connectivity index (χ4v) is 2.64.